The number of anilines is 1. The van der Waals surface area contributed by atoms with Crippen LogP contribution in [0.1, 0.15) is 43.1 Å². The van der Waals surface area contributed by atoms with Gasteiger partial charge in [0.2, 0.25) is 0 Å². The van der Waals surface area contributed by atoms with E-state index in [0.29, 0.717) is 11.2 Å². The summed E-state index contributed by atoms with van der Waals surface area (Å²) in [6.07, 6.45) is 7.80. The van der Waals surface area contributed by atoms with Gasteiger partial charge in [0, 0.05) is 6.54 Å². The van der Waals surface area contributed by atoms with E-state index in [2.05, 4.69) is 22.2 Å². The first kappa shape index (κ1) is 11.8. The highest BCUT2D eigenvalue weighted by Crippen LogP contribution is 2.37. The number of carboxylic acid groups (broad SMARTS) is 1. The van der Waals surface area contributed by atoms with Gasteiger partial charge in [0.15, 0.2) is 5.69 Å². The Hall–Kier alpha value is -1.65. The molecule has 17 heavy (non-hydrogen) atoms. The third-order valence-electron chi connectivity index (χ3n) is 3.36. The molecule has 5 heteroatoms. The minimum Gasteiger partial charge on any atom is -0.476 e. The number of hydrogen-bond acceptors (Lipinski definition) is 4. The minimum atomic E-state index is -1.05. The van der Waals surface area contributed by atoms with Crippen molar-refractivity contribution in [3.8, 4) is 0 Å². The van der Waals surface area contributed by atoms with Gasteiger partial charge in [-0.2, -0.15) is 0 Å². The van der Waals surface area contributed by atoms with Gasteiger partial charge in [-0.05, 0) is 18.3 Å². The van der Waals surface area contributed by atoms with Gasteiger partial charge >= 0.3 is 5.97 Å². The van der Waals surface area contributed by atoms with Gasteiger partial charge in [-0.15, -0.1) is 0 Å². The van der Waals surface area contributed by atoms with E-state index in [0.717, 1.165) is 6.54 Å². The Kier molecular flexibility index (Phi) is 3.26. The van der Waals surface area contributed by atoms with Crippen LogP contribution < -0.4 is 5.32 Å². The lowest BCUT2D eigenvalue weighted by Crippen LogP contribution is -2.23. The molecule has 2 rings (SSSR count). The lowest BCUT2D eigenvalue weighted by molar-refractivity contribution is 0.0690. The van der Waals surface area contributed by atoms with Crippen LogP contribution in [0.4, 0.5) is 5.82 Å². The van der Waals surface area contributed by atoms with Crippen molar-refractivity contribution in [3.05, 3.63) is 18.1 Å². The fourth-order valence-electron chi connectivity index (χ4n) is 2.26. The largest absolute Gasteiger partial charge is 0.476 e. The zero-order valence-electron chi connectivity index (χ0n) is 9.94. The predicted octanol–water partition coefficient (Wildman–Crippen LogP) is 2.17. The van der Waals surface area contributed by atoms with Crippen LogP contribution in [0.15, 0.2) is 12.4 Å². The number of aromatic nitrogens is 2. The van der Waals surface area contributed by atoms with Crippen LogP contribution in [-0.4, -0.2) is 27.6 Å². The molecule has 0 amide bonds. The van der Waals surface area contributed by atoms with Crippen molar-refractivity contribution in [2.45, 2.75) is 32.6 Å². The van der Waals surface area contributed by atoms with E-state index in [1.807, 2.05) is 0 Å². The Balaban J connectivity index is 1.99. The Morgan fingerprint density at radius 3 is 2.82 bits per heavy atom. The van der Waals surface area contributed by atoms with Crippen molar-refractivity contribution in [1.29, 1.82) is 0 Å². The lowest BCUT2D eigenvalue weighted by atomic mass is 9.89. The molecule has 0 atom stereocenters. The monoisotopic (exact) mass is 235 g/mol. The van der Waals surface area contributed by atoms with Gasteiger partial charge in [-0.1, -0.05) is 19.8 Å². The van der Waals surface area contributed by atoms with Crippen LogP contribution in [-0.2, 0) is 0 Å². The fraction of sp³-hybridized carbons (Fsp3) is 0.583. The maximum Gasteiger partial charge on any atom is 0.356 e. The Morgan fingerprint density at radius 1 is 1.47 bits per heavy atom. The molecule has 0 radical (unpaired) electrons. The molecule has 1 saturated carbocycles. The van der Waals surface area contributed by atoms with Crippen LogP contribution in [0.5, 0.6) is 0 Å². The third-order valence-corrected chi connectivity index (χ3v) is 3.36. The zero-order valence-corrected chi connectivity index (χ0v) is 9.94. The average molecular weight is 235 g/mol. The Bertz CT molecular complexity index is 414. The summed E-state index contributed by atoms with van der Waals surface area (Å²) >= 11 is 0. The second-order valence-corrected chi connectivity index (χ2v) is 4.97. The van der Waals surface area contributed by atoms with Crippen molar-refractivity contribution >= 4 is 11.8 Å². The van der Waals surface area contributed by atoms with Gasteiger partial charge < -0.3 is 10.4 Å². The molecule has 0 aliphatic heterocycles. The molecule has 92 valence electrons. The van der Waals surface area contributed by atoms with Gasteiger partial charge in [0.1, 0.15) is 5.82 Å². The number of nitrogens with one attached hydrogen (secondary N) is 1. The van der Waals surface area contributed by atoms with E-state index in [4.69, 9.17) is 5.11 Å². The first-order chi connectivity index (χ1) is 8.09. The van der Waals surface area contributed by atoms with Gasteiger partial charge in [0.05, 0.1) is 12.4 Å². The molecule has 2 N–H and O–H groups in total. The number of aromatic carboxylic acids is 1. The fourth-order valence-corrected chi connectivity index (χ4v) is 2.26. The first-order valence-electron chi connectivity index (χ1n) is 5.88. The molecule has 0 aromatic carbocycles. The van der Waals surface area contributed by atoms with Crippen LogP contribution in [0.2, 0.25) is 0 Å². The van der Waals surface area contributed by atoms with E-state index in [-0.39, 0.29) is 5.69 Å². The smallest absolute Gasteiger partial charge is 0.356 e. The maximum atomic E-state index is 10.7. The van der Waals surface area contributed by atoms with Crippen molar-refractivity contribution < 1.29 is 9.90 Å². The summed E-state index contributed by atoms with van der Waals surface area (Å²) in [6.45, 7) is 3.08. The van der Waals surface area contributed by atoms with Crippen LogP contribution in [0.25, 0.3) is 0 Å². The van der Waals surface area contributed by atoms with Crippen LogP contribution in [0, 0.1) is 5.41 Å². The summed E-state index contributed by atoms with van der Waals surface area (Å²) in [5, 5.41) is 12.0. The van der Waals surface area contributed by atoms with Crippen LogP contribution >= 0.6 is 0 Å². The minimum absolute atomic E-state index is 0.0217. The molecule has 0 saturated heterocycles. The van der Waals surface area contributed by atoms with Crippen molar-refractivity contribution in [2.24, 2.45) is 5.41 Å². The molecular formula is C12H17N3O2. The van der Waals surface area contributed by atoms with Crippen LogP contribution in [0.3, 0.4) is 0 Å². The summed E-state index contributed by atoms with van der Waals surface area (Å²) in [4.78, 5) is 18.6. The molecule has 5 nitrogen and oxygen atoms in total. The normalized spacial score (nSPS) is 17.9. The number of carboxylic acids is 1. The highest BCUT2D eigenvalue weighted by molar-refractivity contribution is 5.85. The Morgan fingerprint density at radius 2 is 2.18 bits per heavy atom. The quantitative estimate of drug-likeness (QED) is 0.836. The molecule has 1 heterocycles. The molecule has 1 aromatic heterocycles. The van der Waals surface area contributed by atoms with E-state index >= 15 is 0 Å². The molecule has 0 bridgehead atoms. The second-order valence-electron chi connectivity index (χ2n) is 4.97. The topological polar surface area (TPSA) is 75.1 Å². The molecule has 1 aromatic rings. The van der Waals surface area contributed by atoms with Gasteiger partial charge in [0.25, 0.3) is 0 Å². The SMILES string of the molecule is CC1(CNc2cncc(C(=O)O)n2)CCCC1. The third kappa shape index (κ3) is 2.93. The van der Waals surface area contributed by atoms with Gasteiger partial charge in [-0.25, -0.2) is 9.78 Å². The maximum absolute atomic E-state index is 10.7. The van der Waals surface area contributed by atoms with Crippen molar-refractivity contribution in [3.63, 3.8) is 0 Å². The predicted molar refractivity (Wildman–Crippen MR) is 64.1 cm³/mol. The lowest BCUT2D eigenvalue weighted by Gasteiger charge is -2.23. The number of carbonyl (C=O) groups is 1. The number of hydrogen-bond donors (Lipinski definition) is 2. The molecular weight excluding hydrogens is 218 g/mol. The molecule has 0 unspecified atom stereocenters. The molecule has 1 aliphatic rings. The summed E-state index contributed by atoms with van der Waals surface area (Å²) in [7, 11) is 0. The van der Waals surface area contributed by atoms with Crippen molar-refractivity contribution in [1.82, 2.24) is 9.97 Å². The van der Waals surface area contributed by atoms with Crippen molar-refractivity contribution in [2.75, 3.05) is 11.9 Å². The van der Waals surface area contributed by atoms with E-state index in [9.17, 15) is 4.79 Å². The molecule has 0 spiro atoms. The number of nitrogens with zero attached hydrogens (tertiary/aromatic N) is 2. The van der Waals surface area contributed by atoms with E-state index in [1.165, 1.54) is 31.9 Å². The summed E-state index contributed by atoms with van der Waals surface area (Å²) < 4.78 is 0. The average Bonchev–Trinajstić information content (AvgIpc) is 2.75. The Labute approximate surface area is 100 Å². The second kappa shape index (κ2) is 4.69. The first-order valence-corrected chi connectivity index (χ1v) is 5.88. The molecule has 1 aliphatic carbocycles. The summed E-state index contributed by atoms with van der Waals surface area (Å²) in [6, 6.07) is 0. The highest BCUT2D eigenvalue weighted by atomic mass is 16.4. The number of rotatable bonds is 4. The van der Waals surface area contributed by atoms with E-state index < -0.39 is 5.97 Å². The summed E-state index contributed by atoms with van der Waals surface area (Å²) in [5.41, 5.74) is 0.285. The standard InChI is InChI=1S/C12H17N3O2/c1-12(4-2-3-5-12)8-14-10-7-13-6-9(15-10)11(16)17/h6-7H,2-5,8H2,1H3,(H,14,15)(H,16,17). The summed E-state index contributed by atoms with van der Waals surface area (Å²) in [5.74, 6) is -0.508. The van der Waals surface area contributed by atoms with E-state index in [1.54, 1.807) is 6.20 Å². The molecule has 1 fully saturated rings. The highest BCUT2D eigenvalue weighted by Gasteiger charge is 2.28. The van der Waals surface area contributed by atoms with Gasteiger partial charge in [-0.3, -0.25) is 4.98 Å². The zero-order chi connectivity index (χ0) is 12.3.